The van der Waals surface area contributed by atoms with E-state index in [1.165, 1.54) is 6.26 Å². The van der Waals surface area contributed by atoms with Crippen LogP contribution in [0.2, 0.25) is 5.02 Å². The highest BCUT2D eigenvalue weighted by molar-refractivity contribution is 6.30. The highest BCUT2D eigenvalue weighted by Crippen LogP contribution is 2.24. The lowest BCUT2D eigenvalue weighted by molar-refractivity contribution is -0.118. The Morgan fingerprint density at radius 1 is 1.00 bits per heavy atom. The van der Waals surface area contributed by atoms with E-state index in [1.807, 2.05) is 26.0 Å². The van der Waals surface area contributed by atoms with Crippen LogP contribution in [0.1, 0.15) is 11.1 Å². The van der Waals surface area contributed by atoms with E-state index in [0.29, 0.717) is 33.2 Å². The lowest BCUT2D eigenvalue weighted by Crippen LogP contribution is -2.20. The number of carbonyl (C=O) groups excluding carboxylic acids is 1. The number of amides is 1. The average molecular weight is 450 g/mol. The molecule has 1 amide bonds. The molecule has 0 aliphatic carbocycles. The van der Waals surface area contributed by atoms with Gasteiger partial charge in [-0.05, 0) is 61.9 Å². The molecule has 0 spiro atoms. The second-order valence-electron chi connectivity index (χ2n) is 7.30. The van der Waals surface area contributed by atoms with Crippen molar-refractivity contribution in [1.82, 2.24) is 0 Å². The van der Waals surface area contributed by atoms with Crippen LogP contribution in [0.3, 0.4) is 0 Å². The molecule has 0 aliphatic heterocycles. The fraction of sp³-hybridized carbons (Fsp3) is 0.120. The summed E-state index contributed by atoms with van der Waals surface area (Å²) in [4.78, 5) is 25.0. The molecule has 4 rings (SSSR count). The van der Waals surface area contributed by atoms with Crippen molar-refractivity contribution in [3.8, 4) is 17.2 Å². The second-order valence-corrected chi connectivity index (χ2v) is 7.73. The van der Waals surface area contributed by atoms with Crippen LogP contribution in [-0.4, -0.2) is 12.5 Å². The number of halogens is 1. The molecule has 0 bridgehead atoms. The summed E-state index contributed by atoms with van der Waals surface area (Å²) < 4.78 is 16.8. The third kappa shape index (κ3) is 4.92. The maximum Gasteiger partial charge on any atom is 0.262 e. The highest BCUT2D eigenvalue weighted by atomic mass is 35.5. The Balaban J connectivity index is 1.44. The number of benzene rings is 3. The number of ether oxygens (including phenoxy) is 2. The number of aryl methyl sites for hydroxylation is 2. The molecular formula is C25H20ClNO5. The molecule has 162 valence electrons. The van der Waals surface area contributed by atoms with Gasteiger partial charge in [0, 0.05) is 16.8 Å². The van der Waals surface area contributed by atoms with Gasteiger partial charge in [-0.25, -0.2) is 0 Å². The van der Waals surface area contributed by atoms with Crippen LogP contribution in [-0.2, 0) is 4.79 Å². The molecule has 7 heteroatoms. The summed E-state index contributed by atoms with van der Waals surface area (Å²) in [7, 11) is 0. The Kier molecular flexibility index (Phi) is 6.14. The maximum absolute atomic E-state index is 12.7. The van der Waals surface area contributed by atoms with E-state index in [9.17, 15) is 9.59 Å². The molecule has 0 atom stereocenters. The number of fused-ring (bicyclic) bond motifs is 1. The first-order chi connectivity index (χ1) is 15.4. The van der Waals surface area contributed by atoms with Crippen molar-refractivity contribution < 1.29 is 18.7 Å². The lowest BCUT2D eigenvalue weighted by Gasteiger charge is -2.10. The van der Waals surface area contributed by atoms with Crippen LogP contribution in [0.5, 0.6) is 17.2 Å². The van der Waals surface area contributed by atoms with Crippen molar-refractivity contribution >= 4 is 34.2 Å². The Labute approximate surface area is 189 Å². The molecular weight excluding hydrogens is 430 g/mol. The first kappa shape index (κ1) is 21.5. The number of rotatable bonds is 6. The van der Waals surface area contributed by atoms with Gasteiger partial charge in [0.05, 0.1) is 5.39 Å². The van der Waals surface area contributed by atoms with Crippen molar-refractivity contribution in [2.24, 2.45) is 0 Å². The van der Waals surface area contributed by atoms with Crippen LogP contribution in [0.25, 0.3) is 11.0 Å². The Morgan fingerprint density at radius 3 is 2.50 bits per heavy atom. The quantitative estimate of drug-likeness (QED) is 0.398. The number of nitrogens with one attached hydrogen (secondary N) is 1. The number of hydrogen-bond donors (Lipinski definition) is 1. The van der Waals surface area contributed by atoms with Gasteiger partial charge in [-0.3, -0.25) is 9.59 Å². The zero-order chi connectivity index (χ0) is 22.7. The first-order valence-electron chi connectivity index (χ1n) is 9.88. The molecule has 4 aromatic rings. The standard InChI is InChI=1S/C25H20ClNO5/c1-15-3-6-18(7-4-15)32-23-13-31-22-12-19(8-9-20(22)25(23)29)30-14-24(28)27-21-10-5-17(26)11-16(21)2/h3-13H,14H2,1-2H3,(H,27,28). The second kappa shape index (κ2) is 9.16. The minimum Gasteiger partial charge on any atom is -0.484 e. The molecule has 1 heterocycles. The van der Waals surface area contributed by atoms with Crippen LogP contribution in [0.15, 0.2) is 76.1 Å². The van der Waals surface area contributed by atoms with E-state index in [4.69, 9.17) is 25.5 Å². The van der Waals surface area contributed by atoms with E-state index < -0.39 is 0 Å². The van der Waals surface area contributed by atoms with E-state index in [-0.39, 0.29) is 23.7 Å². The summed E-state index contributed by atoms with van der Waals surface area (Å²) in [6, 6.07) is 17.3. The van der Waals surface area contributed by atoms with Gasteiger partial charge in [0.15, 0.2) is 6.61 Å². The SMILES string of the molecule is Cc1ccc(Oc2coc3cc(OCC(=O)Nc4ccc(Cl)cc4C)ccc3c2=O)cc1. The fourth-order valence-corrected chi connectivity index (χ4v) is 3.31. The van der Waals surface area contributed by atoms with Crippen molar-refractivity contribution in [3.05, 3.63) is 93.3 Å². The topological polar surface area (TPSA) is 77.8 Å². The molecule has 0 saturated heterocycles. The number of anilines is 1. The summed E-state index contributed by atoms with van der Waals surface area (Å²) in [5.74, 6) is 0.714. The summed E-state index contributed by atoms with van der Waals surface area (Å²) in [6.07, 6.45) is 1.27. The Morgan fingerprint density at radius 2 is 1.75 bits per heavy atom. The van der Waals surface area contributed by atoms with Gasteiger partial charge < -0.3 is 19.2 Å². The van der Waals surface area contributed by atoms with Crippen LogP contribution in [0, 0.1) is 13.8 Å². The third-order valence-corrected chi connectivity index (χ3v) is 5.03. The molecule has 32 heavy (non-hydrogen) atoms. The predicted octanol–water partition coefficient (Wildman–Crippen LogP) is 5.87. The zero-order valence-electron chi connectivity index (χ0n) is 17.5. The zero-order valence-corrected chi connectivity index (χ0v) is 18.2. The summed E-state index contributed by atoms with van der Waals surface area (Å²) in [5, 5.41) is 3.72. The smallest absolute Gasteiger partial charge is 0.262 e. The van der Waals surface area contributed by atoms with Gasteiger partial charge in [-0.15, -0.1) is 0 Å². The molecule has 0 fully saturated rings. The predicted molar refractivity (Wildman–Crippen MR) is 124 cm³/mol. The highest BCUT2D eigenvalue weighted by Gasteiger charge is 2.12. The molecule has 0 unspecified atom stereocenters. The minimum absolute atomic E-state index is 0.0905. The third-order valence-electron chi connectivity index (χ3n) is 4.80. The van der Waals surface area contributed by atoms with Gasteiger partial charge in [0.1, 0.15) is 23.3 Å². The molecule has 0 radical (unpaired) electrons. The van der Waals surface area contributed by atoms with Crippen LogP contribution in [0.4, 0.5) is 5.69 Å². The van der Waals surface area contributed by atoms with Crippen molar-refractivity contribution in [3.63, 3.8) is 0 Å². The Hall–Kier alpha value is -3.77. The summed E-state index contributed by atoms with van der Waals surface area (Å²) in [6.45, 7) is 3.62. The van der Waals surface area contributed by atoms with Gasteiger partial charge in [0.2, 0.25) is 11.2 Å². The maximum atomic E-state index is 12.7. The largest absolute Gasteiger partial charge is 0.484 e. The first-order valence-corrected chi connectivity index (χ1v) is 10.3. The van der Waals surface area contributed by atoms with Crippen molar-refractivity contribution in [2.75, 3.05) is 11.9 Å². The van der Waals surface area contributed by atoms with E-state index in [0.717, 1.165) is 11.1 Å². The molecule has 3 aromatic carbocycles. The van der Waals surface area contributed by atoms with Crippen molar-refractivity contribution in [2.45, 2.75) is 13.8 Å². The van der Waals surface area contributed by atoms with Gasteiger partial charge in [0.25, 0.3) is 5.91 Å². The average Bonchev–Trinajstić information content (AvgIpc) is 2.77. The van der Waals surface area contributed by atoms with Crippen molar-refractivity contribution in [1.29, 1.82) is 0 Å². The van der Waals surface area contributed by atoms with Crippen LogP contribution >= 0.6 is 11.6 Å². The van der Waals surface area contributed by atoms with E-state index >= 15 is 0 Å². The van der Waals surface area contributed by atoms with E-state index in [2.05, 4.69) is 5.32 Å². The van der Waals surface area contributed by atoms with E-state index in [1.54, 1.807) is 48.5 Å². The van der Waals surface area contributed by atoms with Gasteiger partial charge in [-0.1, -0.05) is 29.3 Å². The molecule has 6 nitrogen and oxygen atoms in total. The fourth-order valence-electron chi connectivity index (χ4n) is 3.09. The molecule has 0 saturated carbocycles. The lowest BCUT2D eigenvalue weighted by atomic mass is 10.2. The number of carbonyl (C=O) groups is 1. The van der Waals surface area contributed by atoms with Crippen LogP contribution < -0.4 is 20.2 Å². The summed E-state index contributed by atoms with van der Waals surface area (Å²) in [5.41, 5.74) is 2.63. The van der Waals surface area contributed by atoms with Gasteiger partial charge >= 0.3 is 0 Å². The Bertz CT molecular complexity index is 1350. The summed E-state index contributed by atoms with van der Waals surface area (Å²) >= 11 is 5.93. The minimum atomic E-state index is -0.321. The van der Waals surface area contributed by atoms with Gasteiger partial charge in [-0.2, -0.15) is 0 Å². The molecule has 0 aliphatic rings. The monoisotopic (exact) mass is 449 g/mol. The molecule has 1 N–H and O–H groups in total. The molecule has 1 aromatic heterocycles. The number of hydrogen-bond acceptors (Lipinski definition) is 5. The normalized spacial score (nSPS) is 10.7.